The Morgan fingerprint density at radius 1 is 1.21 bits per heavy atom. The van der Waals surface area contributed by atoms with Crippen LogP contribution in [0.4, 0.5) is 4.79 Å². The summed E-state index contributed by atoms with van der Waals surface area (Å²) < 4.78 is 0. The maximum absolute atomic E-state index is 12.6. The van der Waals surface area contributed by atoms with Crippen molar-refractivity contribution in [1.82, 2.24) is 15.1 Å². The summed E-state index contributed by atoms with van der Waals surface area (Å²) in [5.74, 6) is 5.91. The van der Waals surface area contributed by atoms with Gasteiger partial charge in [-0.05, 0) is 57.9 Å². The van der Waals surface area contributed by atoms with Gasteiger partial charge in [-0.3, -0.25) is 4.90 Å². The number of nitrogens with zero attached hydrogens (tertiary/aromatic N) is 2. The maximum Gasteiger partial charge on any atom is 0.317 e. The number of hydrogen-bond donors (Lipinski definition) is 3. The molecule has 2 amide bonds. The fourth-order valence-electron chi connectivity index (χ4n) is 4.44. The van der Waals surface area contributed by atoms with E-state index in [0.29, 0.717) is 6.54 Å². The van der Waals surface area contributed by atoms with Gasteiger partial charge in [-0.2, -0.15) is 0 Å². The second-order valence-corrected chi connectivity index (χ2v) is 8.41. The molecule has 6 nitrogen and oxygen atoms in total. The van der Waals surface area contributed by atoms with Crippen molar-refractivity contribution in [1.29, 1.82) is 0 Å². The number of nitrogens with one attached hydrogen (secondary N) is 1. The molecule has 2 aliphatic rings. The van der Waals surface area contributed by atoms with Crippen LogP contribution in [0.25, 0.3) is 0 Å². The number of rotatable bonds is 3. The van der Waals surface area contributed by atoms with Gasteiger partial charge in [0.25, 0.3) is 0 Å². The molecule has 0 bridgehead atoms. The Bertz CT molecular complexity index is 751. The van der Waals surface area contributed by atoms with E-state index in [1.165, 1.54) is 0 Å². The number of hydrogen-bond acceptors (Lipinski definition) is 4. The number of amides is 2. The normalized spacial score (nSPS) is 25.7. The lowest BCUT2D eigenvalue weighted by atomic mass is 9.74. The van der Waals surface area contributed by atoms with Crippen LogP contribution < -0.4 is 5.32 Å². The average molecular weight is 400 g/mol. The third-order valence-corrected chi connectivity index (χ3v) is 5.79. The van der Waals surface area contributed by atoms with Gasteiger partial charge in [-0.25, -0.2) is 4.79 Å². The van der Waals surface area contributed by atoms with Crippen LogP contribution >= 0.6 is 0 Å². The van der Waals surface area contributed by atoms with Crippen molar-refractivity contribution in [2.45, 2.75) is 63.8 Å². The Hall–Kier alpha value is -2.07. The minimum absolute atomic E-state index is 0.00297. The number of aliphatic hydroxyl groups is 2. The predicted molar refractivity (Wildman–Crippen MR) is 114 cm³/mol. The Labute approximate surface area is 173 Å². The van der Waals surface area contributed by atoms with Gasteiger partial charge in [0.2, 0.25) is 0 Å². The molecule has 0 aromatic heterocycles. The fourth-order valence-corrected chi connectivity index (χ4v) is 4.44. The Balaban J connectivity index is 1.78. The Kier molecular flexibility index (Phi) is 7.18. The van der Waals surface area contributed by atoms with Crippen molar-refractivity contribution in [2.75, 3.05) is 26.2 Å². The second kappa shape index (κ2) is 9.62. The number of urea groups is 1. The summed E-state index contributed by atoms with van der Waals surface area (Å²) in [5, 5.41) is 22.4. The van der Waals surface area contributed by atoms with Crippen LogP contribution in [-0.4, -0.2) is 76.5 Å². The van der Waals surface area contributed by atoms with E-state index in [2.05, 4.69) is 34.2 Å². The molecule has 1 aromatic rings. The molecule has 0 spiro atoms. The summed E-state index contributed by atoms with van der Waals surface area (Å²) in [4.78, 5) is 16.9. The van der Waals surface area contributed by atoms with Crippen LogP contribution in [0.2, 0.25) is 0 Å². The van der Waals surface area contributed by atoms with E-state index in [1.54, 1.807) is 6.92 Å². The molecule has 0 unspecified atom stereocenters. The van der Waals surface area contributed by atoms with Gasteiger partial charge in [-0.15, -0.1) is 0 Å². The molecule has 1 aromatic carbocycles. The minimum atomic E-state index is -0.647. The molecular weight excluding hydrogens is 366 g/mol. The molecule has 6 heteroatoms. The molecule has 158 valence electrons. The number of carbonyl (C=O) groups is 1. The third kappa shape index (κ3) is 5.11. The predicted octanol–water partition coefficient (Wildman–Crippen LogP) is 1.76. The summed E-state index contributed by atoms with van der Waals surface area (Å²) in [6.45, 7) is 8.11. The highest BCUT2D eigenvalue weighted by atomic mass is 16.3. The molecular formula is C23H33N3O3. The molecule has 3 rings (SSSR count). The van der Waals surface area contributed by atoms with E-state index in [4.69, 9.17) is 0 Å². The van der Waals surface area contributed by atoms with Gasteiger partial charge in [0.05, 0.1) is 6.61 Å². The van der Waals surface area contributed by atoms with Crippen molar-refractivity contribution in [3.63, 3.8) is 0 Å². The number of benzene rings is 1. The summed E-state index contributed by atoms with van der Waals surface area (Å²) >= 11 is 0. The summed E-state index contributed by atoms with van der Waals surface area (Å²) in [6, 6.07) is 8.46. The molecule has 2 aliphatic heterocycles. The molecule has 2 heterocycles. The van der Waals surface area contributed by atoms with Crippen LogP contribution in [0.1, 0.15) is 50.7 Å². The van der Waals surface area contributed by atoms with Gasteiger partial charge in [0.1, 0.15) is 6.10 Å². The zero-order valence-corrected chi connectivity index (χ0v) is 17.6. The average Bonchev–Trinajstić information content (AvgIpc) is 2.65. The lowest BCUT2D eigenvalue weighted by Crippen LogP contribution is -2.68. The first kappa shape index (κ1) is 21.6. The molecule has 4 atom stereocenters. The monoisotopic (exact) mass is 399 g/mol. The zero-order chi connectivity index (χ0) is 21.0. The van der Waals surface area contributed by atoms with Gasteiger partial charge in [0, 0.05) is 42.7 Å². The maximum atomic E-state index is 12.6. The highest BCUT2D eigenvalue weighted by Crippen LogP contribution is 2.41. The fraction of sp³-hybridized carbons (Fsp3) is 0.609. The van der Waals surface area contributed by atoms with E-state index in [1.807, 2.05) is 30.9 Å². The van der Waals surface area contributed by atoms with E-state index < -0.39 is 6.10 Å². The van der Waals surface area contributed by atoms with Crippen LogP contribution in [-0.2, 0) is 0 Å². The molecule has 3 N–H and O–H groups in total. The summed E-state index contributed by atoms with van der Waals surface area (Å²) in [5.41, 5.74) is 2.03. The van der Waals surface area contributed by atoms with Crippen LogP contribution in [0.3, 0.4) is 0 Å². The quantitative estimate of drug-likeness (QED) is 0.677. The molecule has 2 fully saturated rings. The zero-order valence-electron chi connectivity index (χ0n) is 17.6. The lowest BCUT2D eigenvalue weighted by Gasteiger charge is -2.57. The molecule has 29 heavy (non-hydrogen) atoms. The highest BCUT2D eigenvalue weighted by Gasteiger charge is 2.49. The number of carbonyl (C=O) groups excluding carboxylic acids is 1. The SMILES string of the molecule is CC(C)NC(=O)N1CCCCN2[C@@H](CO)[C@H](c3ccc(C#C[C@@H](C)O)cc3)[C@@H]2C1. The van der Waals surface area contributed by atoms with Crippen molar-refractivity contribution in [2.24, 2.45) is 0 Å². The largest absolute Gasteiger partial charge is 0.395 e. The van der Waals surface area contributed by atoms with E-state index in [-0.39, 0.29) is 36.7 Å². The van der Waals surface area contributed by atoms with Crippen LogP contribution in [0.5, 0.6) is 0 Å². The number of fused-ring (bicyclic) bond motifs is 1. The topological polar surface area (TPSA) is 76.0 Å². The van der Waals surface area contributed by atoms with E-state index >= 15 is 0 Å². The summed E-state index contributed by atoms with van der Waals surface area (Å²) in [7, 11) is 0. The van der Waals surface area contributed by atoms with Gasteiger partial charge in [0.15, 0.2) is 0 Å². The van der Waals surface area contributed by atoms with Crippen molar-refractivity contribution in [3.05, 3.63) is 35.4 Å². The van der Waals surface area contributed by atoms with E-state index in [9.17, 15) is 15.0 Å². The van der Waals surface area contributed by atoms with Crippen LogP contribution in [0, 0.1) is 11.8 Å². The first-order chi connectivity index (χ1) is 13.9. The first-order valence-electron chi connectivity index (χ1n) is 10.6. The number of aliphatic hydroxyl groups excluding tert-OH is 2. The standard InChI is InChI=1S/C23H33N3O3/c1-16(2)24-23(29)25-12-4-5-13-26-20(14-25)22(21(26)15-27)19-10-8-18(9-11-19)7-6-17(3)28/h8-11,16-17,20-22,27-28H,4-5,12-15H2,1-3H3,(H,24,29)/t17-,20+,21+,22-/m1/s1. The lowest BCUT2D eigenvalue weighted by molar-refractivity contribution is -0.0591. The molecule has 0 aliphatic carbocycles. The molecule has 2 saturated heterocycles. The second-order valence-electron chi connectivity index (χ2n) is 8.41. The smallest absolute Gasteiger partial charge is 0.317 e. The van der Waals surface area contributed by atoms with Crippen molar-refractivity contribution >= 4 is 6.03 Å². The van der Waals surface area contributed by atoms with Gasteiger partial charge in [-0.1, -0.05) is 24.0 Å². The van der Waals surface area contributed by atoms with Gasteiger partial charge >= 0.3 is 6.03 Å². The van der Waals surface area contributed by atoms with Crippen molar-refractivity contribution in [3.8, 4) is 11.8 Å². The minimum Gasteiger partial charge on any atom is -0.395 e. The van der Waals surface area contributed by atoms with Crippen LogP contribution in [0.15, 0.2) is 24.3 Å². The summed E-state index contributed by atoms with van der Waals surface area (Å²) in [6.07, 6.45) is 1.36. The van der Waals surface area contributed by atoms with Crippen molar-refractivity contribution < 1.29 is 15.0 Å². The molecule has 0 radical (unpaired) electrons. The third-order valence-electron chi connectivity index (χ3n) is 5.79. The van der Waals surface area contributed by atoms with Gasteiger partial charge < -0.3 is 20.4 Å². The van der Waals surface area contributed by atoms with E-state index in [0.717, 1.165) is 37.1 Å². The Morgan fingerprint density at radius 3 is 2.52 bits per heavy atom. The molecule has 0 saturated carbocycles. The Morgan fingerprint density at radius 2 is 1.90 bits per heavy atom. The highest BCUT2D eigenvalue weighted by molar-refractivity contribution is 5.74. The first-order valence-corrected chi connectivity index (χ1v) is 10.6.